The van der Waals surface area contributed by atoms with Crippen molar-refractivity contribution in [2.45, 2.75) is 49.9 Å². The first-order valence-electron chi connectivity index (χ1n) is 12.3. The van der Waals surface area contributed by atoms with Crippen LogP contribution in [0.15, 0.2) is 66.9 Å². The fraction of sp³-hybridized carbons (Fsp3) is 0.321. The number of alkyl halides is 3. The van der Waals surface area contributed by atoms with Gasteiger partial charge in [-0.2, -0.15) is 13.2 Å². The Bertz CT molecular complexity index is 1320. The van der Waals surface area contributed by atoms with Crippen molar-refractivity contribution < 1.29 is 32.3 Å². The number of nitrogens with zero attached hydrogens (tertiary/aromatic N) is 1. The van der Waals surface area contributed by atoms with Crippen molar-refractivity contribution in [1.82, 2.24) is 15.6 Å². The van der Waals surface area contributed by atoms with E-state index in [4.69, 9.17) is 11.6 Å². The van der Waals surface area contributed by atoms with Crippen molar-refractivity contribution >= 4 is 23.6 Å². The third kappa shape index (κ3) is 6.68. The van der Waals surface area contributed by atoms with Gasteiger partial charge in [0.15, 0.2) is 0 Å². The molecule has 6 nitrogen and oxygen atoms in total. The van der Waals surface area contributed by atoms with Gasteiger partial charge in [0.1, 0.15) is 11.4 Å². The van der Waals surface area contributed by atoms with Crippen LogP contribution in [-0.2, 0) is 22.9 Å². The molecule has 3 aromatic rings. The largest absolute Gasteiger partial charge is 0.481 e. The number of aromatic nitrogens is 1. The number of carbonyl (C=O) groups is 2. The summed E-state index contributed by atoms with van der Waals surface area (Å²) in [4.78, 5) is 29.6. The van der Waals surface area contributed by atoms with Crippen LogP contribution in [0.4, 0.5) is 22.4 Å². The van der Waals surface area contributed by atoms with Gasteiger partial charge >= 0.3 is 18.2 Å². The number of benzene rings is 2. The highest BCUT2D eigenvalue weighted by molar-refractivity contribution is 6.30. The number of carbonyl (C=O) groups excluding carboxylic acids is 1. The first-order valence-corrected chi connectivity index (χ1v) is 12.7. The Kier molecular flexibility index (Phi) is 8.44. The number of nitrogens with one attached hydrogen (secondary N) is 2. The molecule has 0 radical (unpaired) electrons. The lowest BCUT2D eigenvalue weighted by molar-refractivity contribution is -0.143. The molecule has 11 heteroatoms. The number of carboxylic acid groups (broad SMARTS) is 1. The normalized spacial score (nSPS) is 19.1. The van der Waals surface area contributed by atoms with E-state index in [1.807, 2.05) is 0 Å². The predicted octanol–water partition coefficient (Wildman–Crippen LogP) is 6.32. The van der Waals surface area contributed by atoms with Gasteiger partial charge in [0.25, 0.3) is 0 Å². The minimum atomic E-state index is -4.86. The zero-order valence-electron chi connectivity index (χ0n) is 20.6. The van der Waals surface area contributed by atoms with E-state index in [1.165, 1.54) is 18.3 Å². The molecule has 1 saturated carbocycles. The van der Waals surface area contributed by atoms with Gasteiger partial charge in [-0.1, -0.05) is 54.8 Å². The van der Waals surface area contributed by atoms with E-state index in [1.54, 1.807) is 30.3 Å². The fourth-order valence-corrected chi connectivity index (χ4v) is 5.16. The van der Waals surface area contributed by atoms with Crippen LogP contribution in [0.1, 0.15) is 48.1 Å². The van der Waals surface area contributed by atoms with E-state index in [0.717, 1.165) is 12.1 Å². The lowest BCUT2D eigenvalue weighted by atomic mass is 9.79. The summed E-state index contributed by atoms with van der Waals surface area (Å²) in [5.74, 6) is -3.01. The van der Waals surface area contributed by atoms with Crippen LogP contribution < -0.4 is 10.6 Å². The van der Waals surface area contributed by atoms with Gasteiger partial charge in [-0.05, 0) is 54.3 Å². The highest BCUT2D eigenvalue weighted by Gasteiger charge is 2.42. The summed E-state index contributed by atoms with van der Waals surface area (Å²) in [7, 11) is 0. The average Bonchev–Trinajstić information content (AvgIpc) is 2.88. The molecule has 3 atom stereocenters. The van der Waals surface area contributed by atoms with Gasteiger partial charge < -0.3 is 15.7 Å². The van der Waals surface area contributed by atoms with Crippen molar-refractivity contribution in [2.24, 2.45) is 5.92 Å². The minimum Gasteiger partial charge on any atom is -0.481 e. The van der Waals surface area contributed by atoms with E-state index in [0.29, 0.717) is 37.3 Å². The van der Waals surface area contributed by atoms with Crippen LogP contribution in [0.25, 0.3) is 0 Å². The second-order valence-corrected chi connectivity index (χ2v) is 10.0. The third-order valence-electron chi connectivity index (χ3n) is 6.92. The summed E-state index contributed by atoms with van der Waals surface area (Å²) in [6.07, 6.45) is -1.46. The molecular weight excluding hydrogens is 538 g/mol. The van der Waals surface area contributed by atoms with Crippen LogP contribution in [0.2, 0.25) is 5.02 Å². The summed E-state index contributed by atoms with van der Waals surface area (Å²) in [6, 6.07) is 12.1. The molecule has 1 aromatic heterocycles. The Labute approximate surface area is 227 Å². The molecule has 0 aliphatic heterocycles. The van der Waals surface area contributed by atoms with Crippen LogP contribution in [0.5, 0.6) is 0 Å². The number of hydrogen-bond acceptors (Lipinski definition) is 3. The van der Waals surface area contributed by atoms with Crippen LogP contribution in [0.3, 0.4) is 0 Å². The Hall–Kier alpha value is -3.66. The SMILES string of the molecule is O=C(N[C@@H]1CCCC[C@@H]1C(=O)O)N[C@@](Cc1ccccc1)(c1cc(F)cc(C(F)(F)F)c1)c1ccc(Cl)cn1. The average molecular weight is 564 g/mol. The summed E-state index contributed by atoms with van der Waals surface area (Å²) in [5, 5.41) is 15.3. The second kappa shape index (κ2) is 11.6. The van der Waals surface area contributed by atoms with Gasteiger partial charge in [-0.3, -0.25) is 9.78 Å². The van der Waals surface area contributed by atoms with Crippen molar-refractivity contribution in [3.63, 3.8) is 0 Å². The number of halogens is 5. The number of carboxylic acids is 1. The Morgan fingerprint density at radius 3 is 2.33 bits per heavy atom. The highest BCUT2D eigenvalue weighted by atomic mass is 35.5. The molecule has 39 heavy (non-hydrogen) atoms. The smallest absolute Gasteiger partial charge is 0.416 e. The van der Waals surface area contributed by atoms with Gasteiger partial charge in [0.05, 0.1) is 22.2 Å². The molecule has 2 aromatic carbocycles. The molecule has 0 spiro atoms. The van der Waals surface area contributed by atoms with Gasteiger partial charge in [-0.15, -0.1) is 0 Å². The minimum absolute atomic E-state index is 0.0936. The van der Waals surface area contributed by atoms with Crippen molar-refractivity contribution in [2.75, 3.05) is 0 Å². The maximum absolute atomic E-state index is 14.7. The summed E-state index contributed by atoms with van der Waals surface area (Å²) >= 11 is 6.03. The topological polar surface area (TPSA) is 91.3 Å². The fourth-order valence-electron chi connectivity index (χ4n) is 5.05. The molecule has 0 bridgehead atoms. The Balaban J connectivity index is 1.86. The van der Waals surface area contributed by atoms with E-state index < -0.39 is 47.1 Å². The second-order valence-electron chi connectivity index (χ2n) is 9.59. The van der Waals surface area contributed by atoms with Gasteiger partial charge in [0.2, 0.25) is 0 Å². The molecular formula is C28H26ClF4N3O3. The molecule has 1 heterocycles. The van der Waals surface area contributed by atoms with Gasteiger partial charge in [-0.25, -0.2) is 9.18 Å². The number of amides is 2. The van der Waals surface area contributed by atoms with Crippen molar-refractivity contribution in [3.05, 3.63) is 100 Å². The maximum Gasteiger partial charge on any atom is 0.416 e. The van der Waals surface area contributed by atoms with E-state index in [9.17, 15) is 32.3 Å². The van der Waals surface area contributed by atoms with Crippen LogP contribution in [-0.4, -0.2) is 28.1 Å². The quantitative estimate of drug-likeness (QED) is 0.293. The number of pyridine rings is 1. The number of aliphatic carboxylic acids is 1. The molecule has 206 valence electrons. The Morgan fingerprint density at radius 2 is 1.69 bits per heavy atom. The molecule has 2 amide bonds. The zero-order chi connectivity index (χ0) is 28.2. The third-order valence-corrected chi connectivity index (χ3v) is 7.14. The van der Waals surface area contributed by atoms with Crippen LogP contribution in [0, 0.1) is 11.7 Å². The van der Waals surface area contributed by atoms with E-state index in [2.05, 4.69) is 15.6 Å². The van der Waals surface area contributed by atoms with Crippen LogP contribution >= 0.6 is 11.6 Å². The van der Waals surface area contributed by atoms with E-state index in [-0.39, 0.29) is 22.7 Å². The maximum atomic E-state index is 14.7. The van der Waals surface area contributed by atoms with Crippen molar-refractivity contribution in [3.8, 4) is 0 Å². The lowest BCUT2D eigenvalue weighted by Gasteiger charge is -2.37. The predicted molar refractivity (Wildman–Crippen MR) is 137 cm³/mol. The monoisotopic (exact) mass is 563 g/mol. The van der Waals surface area contributed by atoms with Crippen molar-refractivity contribution in [1.29, 1.82) is 0 Å². The molecule has 4 rings (SSSR count). The summed E-state index contributed by atoms with van der Waals surface area (Å²) in [6.45, 7) is 0. The highest BCUT2D eigenvalue weighted by Crippen LogP contribution is 2.38. The molecule has 0 saturated heterocycles. The Morgan fingerprint density at radius 1 is 1.00 bits per heavy atom. The van der Waals surface area contributed by atoms with Gasteiger partial charge in [0, 0.05) is 18.7 Å². The zero-order valence-corrected chi connectivity index (χ0v) is 21.4. The molecule has 1 fully saturated rings. The first-order chi connectivity index (χ1) is 18.5. The molecule has 1 aliphatic rings. The standard InChI is InChI=1S/C28H26ClF4N3O3/c29-20-10-11-24(34-16-20)27(15-17-6-2-1-3-7-17,18-12-19(28(31,32)33)14-21(30)13-18)36-26(39)35-23-9-5-4-8-22(23)25(37)38/h1-3,6-7,10-14,16,22-23H,4-5,8-9,15H2,(H,37,38)(H2,35,36,39)/t22-,23+,27-/m0/s1. The molecule has 3 N–H and O–H groups in total. The molecule has 0 unspecified atom stereocenters. The lowest BCUT2D eigenvalue weighted by Crippen LogP contribution is -2.56. The number of rotatable bonds is 7. The summed E-state index contributed by atoms with van der Waals surface area (Å²) < 4.78 is 56.0. The summed E-state index contributed by atoms with van der Waals surface area (Å²) in [5.41, 5.74) is -2.48. The number of hydrogen-bond donors (Lipinski definition) is 3. The molecule has 1 aliphatic carbocycles. The van der Waals surface area contributed by atoms with E-state index >= 15 is 0 Å². The first kappa shape index (κ1) is 28.4. The number of urea groups is 1.